The second kappa shape index (κ2) is 7.58. The van der Waals surface area contributed by atoms with Crippen molar-refractivity contribution in [1.29, 1.82) is 0 Å². The Labute approximate surface area is 171 Å². The first-order chi connectivity index (χ1) is 13.3. The fourth-order valence-corrected chi connectivity index (χ4v) is 8.84. The van der Waals surface area contributed by atoms with Crippen molar-refractivity contribution in [3.05, 3.63) is 0 Å². The van der Waals surface area contributed by atoms with Crippen LogP contribution in [-0.4, -0.2) is 17.1 Å². The molecule has 4 fully saturated rings. The van der Waals surface area contributed by atoms with E-state index in [9.17, 15) is 9.90 Å². The van der Waals surface area contributed by atoms with E-state index in [4.69, 9.17) is 5.84 Å². The molecule has 160 valence electrons. The minimum atomic E-state index is -0.0501. The highest BCUT2D eigenvalue weighted by atomic mass is 16.3. The van der Waals surface area contributed by atoms with Gasteiger partial charge in [0.25, 0.3) is 0 Å². The number of nitrogens with one attached hydrogen (secondary N) is 1. The van der Waals surface area contributed by atoms with Crippen molar-refractivity contribution in [1.82, 2.24) is 5.43 Å². The summed E-state index contributed by atoms with van der Waals surface area (Å²) in [5.41, 5.74) is 3.21. The summed E-state index contributed by atoms with van der Waals surface area (Å²) in [5, 5.41) is 10.2. The predicted octanol–water partition coefficient (Wildman–Crippen LogP) is 4.41. The zero-order valence-electron chi connectivity index (χ0n) is 18.3. The van der Waals surface area contributed by atoms with E-state index in [2.05, 4.69) is 26.2 Å². The number of fused-ring (bicyclic) bond motifs is 5. The van der Waals surface area contributed by atoms with Crippen LogP contribution < -0.4 is 11.3 Å². The fourth-order valence-electron chi connectivity index (χ4n) is 8.84. The Bertz CT molecular complexity index is 595. The average Bonchev–Trinajstić information content (AvgIpc) is 3.03. The third-order valence-electron chi connectivity index (χ3n) is 10.4. The summed E-state index contributed by atoms with van der Waals surface area (Å²) in [6.45, 7) is 7.53. The topological polar surface area (TPSA) is 75.4 Å². The number of carbonyl (C=O) groups is 1. The number of hydrogen-bond donors (Lipinski definition) is 3. The van der Waals surface area contributed by atoms with Gasteiger partial charge in [-0.25, -0.2) is 5.84 Å². The molecule has 0 radical (unpaired) electrons. The van der Waals surface area contributed by atoms with Crippen LogP contribution in [0, 0.1) is 46.3 Å². The molecule has 4 aliphatic carbocycles. The van der Waals surface area contributed by atoms with Crippen LogP contribution in [0.4, 0.5) is 0 Å². The summed E-state index contributed by atoms with van der Waals surface area (Å²) in [6.07, 6.45) is 13.0. The molecule has 1 amide bonds. The highest BCUT2D eigenvalue weighted by Crippen LogP contribution is 2.68. The lowest BCUT2D eigenvalue weighted by atomic mass is 9.44. The van der Waals surface area contributed by atoms with Crippen molar-refractivity contribution in [2.24, 2.45) is 52.2 Å². The van der Waals surface area contributed by atoms with Crippen LogP contribution in [0.1, 0.15) is 91.4 Å². The summed E-state index contributed by atoms with van der Waals surface area (Å²) < 4.78 is 0. The van der Waals surface area contributed by atoms with Crippen LogP contribution in [0.5, 0.6) is 0 Å². The molecule has 28 heavy (non-hydrogen) atoms. The van der Waals surface area contributed by atoms with E-state index in [1.165, 1.54) is 44.9 Å². The predicted molar refractivity (Wildman–Crippen MR) is 112 cm³/mol. The Hall–Kier alpha value is -0.610. The Morgan fingerprint density at radius 1 is 1.07 bits per heavy atom. The number of rotatable bonds is 4. The first-order valence-corrected chi connectivity index (χ1v) is 12.0. The molecule has 4 N–H and O–H groups in total. The number of amides is 1. The Kier molecular flexibility index (Phi) is 5.59. The number of aliphatic hydroxyl groups is 1. The third-order valence-corrected chi connectivity index (χ3v) is 10.4. The van der Waals surface area contributed by atoms with Gasteiger partial charge in [0.05, 0.1) is 6.10 Å². The Morgan fingerprint density at radius 3 is 2.54 bits per heavy atom. The van der Waals surface area contributed by atoms with Crippen LogP contribution >= 0.6 is 0 Å². The van der Waals surface area contributed by atoms with Crippen LogP contribution in [0.15, 0.2) is 0 Å². The number of hydrogen-bond acceptors (Lipinski definition) is 3. The fraction of sp³-hybridized carbons (Fsp3) is 0.958. The smallest absolute Gasteiger partial charge is 0.233 e. The normalized spacial score (nSPS) is 48.9. The first-order valence-electron chi connectivity index (χ1n) is 12.0. The minimum Gasteiger partial charge on any atom is -0.393 e. The lowest BCUT2D eigenvalue weighted by molar-refractivity contribution is -0.129. The van der Waals surface area contributed by atoms with Gasteiger partial charge in [0.2, 0.25) is 5.91 Å². The Morgan fingerprint density at radius 2 is 1.79 bits per heavy atom. The number of nitrogens with two attached hydrogens (primary N) is 1. The molecular weight excluding hydrogens is 348 g/mol. The zero-order valence-corrected chi connectivity index (χ0v) is 18.3. The molecule has 0 spiro atoms. The van der Waals surface area contributed by atoms with Gasteiger partial charge in [0.15, 0.2) is 0 Å². The van der Waals surface area contributed by atoms with Crippen molar-refractivity contribution < 1.29 is 9.90 Å². The number of carbonyl (C=O) groups excluding carboxylic acids is 1. The molecule has 0 bridgehead atoms. The monoisotopic (exact) mass is 390 g/mol. The molecule has 4 heteroatoms. The van der Waals surface area contributed by atoms with Crippen LogP contribution in [-0.2, 0) is 4.79 Å². The van der Waals surface area contributed by atoms with Gasteiger partial charge in [-0.15, -0.1) is 0 Å². The van der Waals surface area contributed by atoms with Gasteiger partial charge >= 0.3 is 0 Å². The molecule has 4 saturated carbocycles. The van der Waals surface area contributed by atoms with E-state index in [1.807, 2.05) is 0 Å². The maximum atomic E-state index is 11.6. The van der Waals surface area contributed by atoms with E-state index in [-0.39, 0.29) is 12.0 Å². The second-order valence-corrected chi connectivity index (χ2v) is 11.4. The highest BCUT2D eigenvalue weighted by molar-refractivity contribution is 5.75. The summed E-state index contributed by atoms with van der Waals surface area (Å²) >= 11 is 0. The van der Waals surface area contributed by atoms with Crippen molar-refractivity contribution >= 4 is 5.91 Å². The molecule has 9 atom stereocenters. The minimum absolute atomic E-state index is 0.0269. The summed E-state index contributed by atoms with van der Waals surface area (Å²) in [7, 11) is 0. The Balaban J connectivity index is 1.48. The largest absolute Gasteiger partial charge is 0.393 e. The molecule has 0 heterocycles. The van der Waals surface area contributed by atoms with Gasteiger partial charge in [-0.1, -0.05) is 20.8 Å². The lowest BCUT2D eigenvalue weighted by Gasteiger charge is -2.61. The van der Waals surface area contributed by atoms with Gasteiger partial charge in [-0.3, -0.25) is 10.2 Å². The molecule has 0 aromatic rings. The molecule has 0 aliphatic heterocycles. The maximum absolute atomic E-state index is 11.6. The van der Waals surface area contributed by atoms with E-state index in [0.29, 0.717) is 23.2 Å². The second-order valence-electron chi connectivity index (χ2n) is 11.4. The van der Waals surface area contributed by atoms with Gasteiger partial charge in [0, 0.05) is 6.42 Å². The SMILES string of the molecule is C[C@H](CCC(=O)NN)[C@H]1CC[C@@H]2[C@H]3CC[C@H]4C[C@H](O)CC[C@]4(C)[C@@H]3CC[C@]21C. The van der Waals surface area contributed by atoms with Gasteiger partial charge < -0.3 is 5.11 Å². The van der Waals surface area contributed by atoms with Crippen LogP contribution in [0.2, 0.25) is 0 Å². The summed E-state index contributed by atoms with van der Waals surface area (Å²) in [5.74, 6) is 9.97. The van der Waals surface area contributed by atoms with E-state index < -0.39 is 0 Å². The molecule has 4 aliphatic rings. The quantitative estimate of drug-likeness (QED) is 0.378. The van der Waals surface area contributed by atoms with Gasteiger partial charge in [0.1, 0.15) is 0 Å². The lowest BCUT2D eigenvalue weighted by Crippen LogP contribution is -2.54. The summed E-state index contributed by atoms with van der Waals surface area (Å²) in [6, 6.07) is 0. The van der Waals surface area contributed by atoms with Crippen molar-refractivity contribution in [3.8, 4) is 0 Å². The summed E-state index contributed by atoms with van der Waals surface area (Å²) in [4.78, 5) is 11.6. The first kappa shape index (κ1) is 20.7. The molecule has 4 nitrogen and oxygen atoms in total. The van der Waals surface area contributed by atoms with E-state index >= 15 is 0 Å². The molecule has 4 rings (SSSR count). The molecule has 0 aromatic heterocycles. The van der Waals surface area contributed by atoms with Crippen molar-refractivity contribution in [2.45, 2.75) is 97.5 Å². The van der Waals surface area contributed by atoms with Crippen LogP contribution in [0.25, 0.3) is 0 Å². The highest BCUT2D eigenvalue weighted by Gasteiger charge is 2.60. The van der Waals surface area contributed by atoms with Gasteiger partial charge in [-0.2, -0.15) is 0 Å². The maximum Gasteiger partial charge on any atom is 0.233 e. The molecule has 0 unspecified atom stereocenters. The molecule has 0 aromatic carbocycles. The standard InChI is InChI=1S/C24H42N2O2/c1-15(4-9-22(28)26-25)19-7-8-20-18-6-5-16-14-17(27)10-12-23(16,2)21(18)11-13-24(19,20)3/h15-21,27H,4-14,25H2,1-3H3,(H,26,28)/t15-,16+,17-,18-,19-,20-,21-,23+,24+/m1/s1. The van der Waals surface area contributed by atoms with Crippen LogP contribution in [0.3, 0.4) is 0 Å². The van der Waals surface area contributed by atoms with Crippen molar-refractivity contribution in [3.63, 3.8) is 0 Å². The van der Waals surface area contributed by atoms with Crippen molar-refractivity contribution in [2.75, 3.05) is 0 Å². The van der Waals surface area contributed by atoms with E-state index in [1.54, 1.807) is 0 Å². The number of hydrazine groups is 1. The number of aliphatic hydroxyl groups excluding tert-OH is 1. The molecular formula is C24H42N2O2. The average molecular weight is 391 g/mol. The molecule has 0 saturated heterocycles. The van der Waals surface area contributed by atoms with E-state index in [0.717, 1.165) is 48.9 Å². The third kappa shape index (κ3) is 3.23. The zero-order chi connectivity index (χ0) is 20.1. The van der Waals surface area contributed by atoms with Gasteiger partial charge in [-0.05, 0) is 111 Å².